The number of hydrogen-bond donors (Lipinski definition) is 1. The first-order valence-electron chi connectivity index (χ1n) is 6.46. The number of carbonyl (C=O) groups excluding carboxylic acids is 1. The molecule has 1 atom stereocenters. The lowest BCUT2D eigenvalue weighted by atomic mass is 9.90. The monoisotopic (exact) mass is 277 g/mol. The minimum Gasteiger partial charge on any atom is -0.465 e. The van der Waals surface area contributed by atoms with Crippen molar-refractivity contribution in [2.75, 3.05) is 19.7 Å². The molecule has 1 aromatic carbocycles. The fraction of sp³-hybridized carbons (Fsp3) is 0.429. The van der Waals surface area contributed by atoms with Crippen molar-refractivity contribution in [2.45, 2.75) is 18.1 Å². The van der Waals surface area contributed by atoms with Gasteiger partial charge in [0.1, 0.15) is 11.7 Å². The molecule has 20 heavy (non-hydrogen) atoms. The van der Waals surface area contributed by atoms with Crippen molar-refractivity contribution in [1.82, 2.24) is 4.90 Å². The predicted octanol–water partition coefficient (Wildman–Crippen LogP) is 1.36. The van der Waals surface area contributed by atoms with E-state index in [4.69, 9.17) is 14.6 Å². The summed E-state index contributed by atoms with van der Waals surface area (Å²) in [6.45, 7) is 1.02. The summed E-state index contributed by atoms with van der Waals surface area (Å²) in [5.74, 6) is -0.370. The Hall–Kier alpha value is -2.08. The van der Waals surface area contributed by atoms with Gasteiger partial charge in [-0.2, -0.15) is 0 Å². The zero-order valence-electron chi connectivity index (χ0n) is 10.8. The minimum atomic E-state index is -0.941. The summed E-state index contributed by atoms with van der Waals surface area (Å²) in [6, 6.07) is 8.78. The van der Waals surface area contributed by atoms with Crippen LogP contribution < -0.4 is 0 Å². The Labute approximate surface area is 115 Å². The number of carboxylic acid groups (broad SMARTS) is 1. The van der Waals surface area contributed by atoms with Gasteiger partial charge >= 0.3 is 12.1 Å². The molecule has 0 radical (unpaired) electrons. The van der Waals surface area contributed by atoms with E-state index in [2.05, 4.69) is 0 Å². The number of benzene rings is 1. The fourth-order valence-corrected chi connectivity index (χ4v) is 2.68. The molecule has 2 aliphatic rings. The maximum atomic E-state index is 11.9. The lowest BCUT2D eigenvalue weighted by Crippen LogP contribution is -2.63. The van der Waals surface area contributed by atoms with Crippen molar-refractivity contribution in [3.05, 3.63) is 35.9 Å². The summed E-state index contributed by atoms with van der Waals surface area (Å²) in [7, 11) is 0. The third-order valence-corrected chi connectivity index (χ3v) is 3.69. The van der Waals surface area contributed by atoms with E-state index in [1.807, 2.05) is 6.07 Å². The van der Waals surface area contributed by atoms with Crippen LogP contribution in [0.1, 0.15) is 16.8 Å². The molecular weight excluding hydrogens is 262 g/mol. The first-order chi connectivity index (χ1) is 9.58. The molecule has 3 rings (SSSR count). The highest BCUT2D eigenvalue weighted by Gasteiger charge is 2.52. The van der Waals surface area contributed by atoms with Crippen molar-refractivity contribution in [3.63, 3.8) is 0 Å². The molecule has 2 heterocycles. The van der Waals surface area contributed by atoms with Gasteiger partial charge < -0.3 is 19.5 Å². The van der Waals surface area contributed by atoms with Crippen LogP contribution in [0.3, 0.4) is 0 Å². The highest BCUT2D eigenvalue weighted by molar-refractivity contribution is 5.89. The lowest BCUT2D eigenvalue weighted by molar-refractivity contribution is -0.0983. The number of carbonyl (C=O) groups is 2. The van der Waals surface area contributed by atoms with E-state index in [9.17, 15) is 9.59 Å². The van der Waals surface area contributed by atoms with Gasteiger partial charge in [-0.25, -0.2) is 9.59 Å². The van der Waals surface area contributed by atoms with Crippen molar-refractivity contribution in [1.29, 1.82) is 0 Å². The molecule has 0 aromatic heterocycles. The highest BCUT2D eigenvalue weighted by Crippen LogP contribution is 2.36. The third-order valence-electron chi connectivity index (χ3n) is 3.69. The van der Waals surface area contributed by atoms with Crippen LogP contribution in [0, 0.1) is 0 Å². The standard InChI is InChI=1S/C14H15NO5/c16-12(10-4-2-1-3-5-10)20-11-6-14(19-7-11)8-15(9-14)13(17)18/h1-5,11H,6-9H2,(H,17,18). The molecule has 1 spiro atoms. The van der Waals surface area contributed by atoms with Gasteiger partial charge in [-0.3, -0.25) is 0 Å². The van der Waals surface area contributed by atoms with Gasteiger partial charge in [-0.15, -0.1) is 0 Å². The quantitative estimate of drug-likeness (QED) is 0.826. The fourth-order valence-electron chi connectivity index (χ4n) is 2.68. The maximum absolute atomic E-state index is 11.9. The molecule has 6 nitrogen and oxygen atoms in total. The number of hydrogen-bond acceptors (Lipinski definition) is 4. The average Bonchev–Trinajstić information content (AvgIpc) is 2.82. The van der Waals surface area contributed by atoms with Gasteiger partial charge in [0.05, 0.1) is 25.3 Å². The second-order valence-corrected chi connectivity index (χ2v) is 5.23. The molecule has 0 aliphatic carbocycles. The van der Waals surface area contributed by atoms with E-state index in [1.54, 1.807) is 24.3 Å². The average molecular weight is 277 g/mol. The van der Waals surface area contributed by atoms with Crippen LogP contribution in [0.4, 0.5) is 4.79 Å². The first kappa shape index (κ1) is 12.9. The summed E-state index contributed by atoms with van der Waals surface area (Å²) in [5.41, 5.74) is 0.0502. The summed E-state index contributed by atoms with van der Waals surface area (Å²) >= 11 is 0. The highest BCUT2D eigenvalue weighted by atomic mass is 16.6. The number of likely N-dealkylation sites (tertiary alicyclic amines) is 1. The summed E-state index contributed by atoms with van der Waals surface area (Å²) in [4.78, 5) is 24.0. The third kappa shape index (κ3) is 2.34. The van der Waals surface area contributed by atoms with Gasteiger partial charge in [0, 0.05) is 6.42 Å². The Morgan fingerprint density at radius 1 is 1.30 bits per heavy atom. The number of ether oxygens (including phenoxy) is 2. The Morgan fingerprint density at radius 3 is 2.65 bits per heavy atom. The summed E-state index contributed by atoms with van der Waals surface area (Å²) < 4.78 is 11.0. The molecule has 2 saturated heterocycles. The molecule has 1 N–H and O–H groups in total. The molecule has 1 aromatic rings. The molecule has 2 fully saturated rings. The number of nitrogens with zero attached hydrogens (tertiary/aromatic N) is 1. The molecular formula is C14H15NO5. The zero-order chi connectivity index (χ0) is 14.2. The molecule has 2 aliphatic heterocycles. The molecule has 6 heteroatoms. The van der Waals surface area contributed by atoms with E-state index in [0.717, 1.165) is 0 Å². The van der Waals surface area contributed by atoms with Crippen molar-refractivity contribution in [3.8, 4) is 0 Å². The van der Waals surface area contributed by atoms with Crippen LogP contribution >= 0.6 is 0 Å². The molecule has 106 valence electrons. The first-order valence-corrected chi connectivity index (χ1v) is 6.46. The van der Waals surface area contributed by atoms with Crippen LogP contribution in [-0.2, 0) is 9.47 Å². The van der Waals surface area contributed by atoms with Gasteiger partial charge in [-0.05, 0) is 12.1 Å². The van der Waals surface area contributed by atoms with Crippen molar-refractivity contribution >= 4 is 12.1 Å². The van der Waals surface area contributed by atoms with E-state index in [0.29, 0.717) is 31.7 Å². The van der Waals surface area contributed by atoms with Crippen LogP contribution in [0.15, 0.2) is 30.3 Å². The van der Waals surface area contributed by atoms with Crippen molar-refractivity contribution in [2.24, 2.45) is 0 Å². The lowest BCUT2D eigenvalue weighted by Gasteiger charge is -2.45. The number of amides is 1. The van der Waals surface area contributed by atoms with Gasteiger partial charge in [0.15, 0.2) is 0 Å². The molecule has 1 unspecified atom stereocenters. The van der Waals surface area contributed by atoms with Crippen molar-refractivity contribution < 1.29 is 24.2 Å². The molecule has 0 bridgehead atoms. The SMILES string of the molecule is O=C(OC1COC2(C1)CN(C(=O)O)C2)c1ccccc1. The van der Waals surface area contributed by atoms with Crippen LogP contribution in [0.25, 0.3) is 0 Å². The van der Waals surface area contributed by atoms with E-state index in [-0.39, 0.29) is 12.1 Å². The van der Waals surface area contributed by atoms with E-state index >= 15 is 0 Å². The van der Waals surface area contributed by atoms with Gasteiger partial charge in [0.25, 0.3) is 0 Å². The second kappa shape index (κ2) is 4.79. The van der Waals surface area contributed by atoms with E-state index in [1.165, 1.54) is 4.90 Å². The number of esters is 1. The molecule has 0 saturated carbocycles. The van der Waals surface area contributed by atoms with Crippen LogP contribution in [-0.4, -0.2) is 53.5 Å². The summed E-state index contributed by atoms with van der Waals surface area (Å²) in [5, 5.41) is 8.82. The zero-order valence-corrected chi connectivity index (χ0v) is 10.8. The minimum absolute atomic E-state index is 0.307. The normalized spacial score (nSPS) is 23.4. The Kier molecular flexibility index (Phi) is 3.10. The predicted molar refractivity (Wildman–Crippen MR) is 68.5 cm³/mol. The van der Waals surface area contributed by atoms with E-state index < -0.39 is 11.7 Å². The van der Waals surface area contributed by atoms with Crippen LogP contribution in [0.5, 0.6) is 0 Å². The Balaban J connectivity index is 1.54. The largest absolute Gasteiger partial charge is 0.465 e. The summed E-state index contributed by atoms with van der Waals surface area (Å²) in [6.07, 6.45) is -0.697. The Morgan fingerprint density at radius 2 is 2.00 bits per heavy atom. The Bertz CT molecular complexity index is 524. The van der Waals surface area contributed by atoms with Gasteiger partial charge in [-0.1, -0.05) is 18.2 Å². The molecule has 1 amide bonds. The maximum Gasteiger partial charge on any atom is 0.407 e. The smallest absolute Gasteiger partial charge is 0.407 e. The topological polar surface area (TPSA) is 76.1 Å². The van der Waals surface area contributed by atoms with Gasteiger partial charge in [0.2, 0.25) is 0 Å². The number of rotatable bonds is 2. The second-order valence-electron chi connectivity index (χ2n) is 5.23. The van der Waals surface area contributed by atoms with Crippen LogP contribution in [0.2, 0.25) is 0 Å².